The van der Waals surface area contributed by atoms with E-state index in [9.17, 15) is 4.79 Å². The topological polar surface area (TPSA) is 54.0 Å². The molecule has 19 heavy (non-hydrogen) atoms. The SMILES string of the molecule is CCCc1cc(C(=O)NCCC(C)C)cc(NC)n1. The van der Waals surface area contributed by atoms with E-state index in [4.69, 9.17) is 0 Å². The van der Waals surface area contributed by atoms with Gasteiger partial charge in [0, 0.05) is 24.8 Å². The van der Waals surface area contributed by atoms with Crippen molar-refractivity contribution in [1.82, 2.24) is 10.3 Å². The highest BCUT2D eigenvalue weighted by Crippen LogP contribution is 2.12. The smallest absolute Gasteiger partial charge is 0.251 e. The fraction of sp³-hybridized carbons (Fsp3) is 0.600. The van der Waals surface area contributed by atoms with Gasteiger partial charge in [-0.3, -0.25) is 4.79 Å². The monoisotopic (exact) mass is 263 g/mol. The molecule has 0 aliphatic heterocycles. The number of carbonyl (C=O) groups excluding carboxylic acids is 1. The normalized spacial score (nSPS) is 10.6. The van der Waals surface area contributed by atoms with Crippen molar-refractivity contribution in [3.05, 3.63) is 23.4 Å². The summed E-state index contributed by atoms with van der Waals surface area (Å²) in [5, 5.41) is 5.96. The second kappa shape index (κ2) is 7.77. The Labute approximate surface area is 116 Å². The molecule has 1 heterocycles. The van der Waals surface area contributed by atoms with Crippen LogP contribution in [-0.4, -0.2) is 24.5 Å². The first-order valence-corrected chi connectivity index (χ1v) is 7.03. The lowest BCUT2D eigenvalue weighted by Gasteiger charge is -2.10. The molecule has 0 radical (unpaired) electrons. The molecule has 4 heteroatoms. The van der Waals surface area contributed by atoms with E-state index in [-0.39, 0.29) is 5.91 Å². The molecular weight excluding hydrogens is 238 g/mol. The molecule has 0 aromatic carbocycles. The fourth-order valence-corrected chi connectivity index (χ4v) is 1.81. The number of aromatic nitrogens is 1. The van der Waals surface area contributed by atoms with Crippen molar-refractivity contribution in [2.45, 2.75) is 40.0 Å². The Morgan fingerprint density at radius 2 is 2.11 bits per heavy atom. The van der Waals surface area contributed by atoms with Gasteiger partial charge in [0.05, 0.1) is 0 Å². The van der Waals surface area contributed by atoms with Crippen molar-refractivity contribution in [3.8, 4) is 0 Å². The molecular formula is C15H25N3O. The third-order valence-electron chi connectivity index (χ3n) is 2.91. The van der Waals surface area contributed by atoms with Gasteiger partial charge in [-0.15, -0.1) is 0 Å². The van der Waals surface area contributed by atoms with E-state index < -0.39 is 0 Å². The Hall–Kier alpha value is -1.58. The Balaban J connectivity index is 2.74. The first-order valence-electron chi connectivity index (χ1n) is 7.03. The van der Waals surface area contributed by atoms with Gasteiger partial charge in [-0.25, -0.2) is 4.98 Å². The van der Waals surface area contributed by atoms with Gasteiger partial charge in [0.15, 0.2) is 0 Å². The zero-order valence-electron chi connectivity index (χ0n) is 12.4. The number of hydrogen-bond donors (Lipinski definition) is 2. The number of aryl methyl sites for hydroxylation is 1. The summed E-state index contributed by atoms with van der Waals surface area (Å²) in [7, 11) is 1.82. The van der Waals surface area contributed by atoms with Crippen LogP contribution in [0.1, 0.15) is 49.7 Å². The molecule has 0 atom stereocenters. The first kappa shape index (κ1) is 15.5. The van der Waals surface area contributed by atoms with E-state index in [1.165, 1.54) is 0 Å². The molecule has 0 spiro atoms. The molecule has 0 fully saturated rings. The molecule has 2 N–H and O–H groups in total. The molecule has 1 aromatic rings. The lowest BCUT2D eigenvalue weighted by Crippen LogP contribution is -2.25. The zero-order chi connectivity index (χ0) is 14.3. The molecule has 106 valence electrons. The lowest BCUT2D eigenvalue weighted by atomic mass is 10.1. The second-order valence-corrected chi connectivity index (χ2v) is 5.17. The highest BCUT2D eigenvalue weighted by atomic mass is 16.1. The molecule has 0 bridgehead atoms. The van der Waals surface area contributed by atoms with Crippen molar-refractivity contribution in [3.63, 3.8) is 0 Å². The average molecular weight is 263 g/mol. The van der Waals surface area contributed by atoms with Crippen molar-refractivity contribution in [1.29, 1.82) is 0 Å². The van der Waals surface area contributed by atoms with Gasteiger partial charge in [0.25, 0.3) is 5.91 Å². The van der Waals surface area contributed by atoms with Crippen molar-refractivity contribution >= 4 is 11.7 Å². The molecule has 0 saturated heterocycles. The molecule has 1 rings (SSSR count). The molecule has 0 saturated carbocycles. The van der Waals surface area contributed by atoms with Crippen LogP contribution in [-0.2, 0) is 6.42 Å². The van der Waals surface area contributed by atoms with Gasteiger partial charge in [0.1, 0.15) is 5.82 Å². The third kappa shape index (κ3) is 5.28. The first-order chi connectivity index (χ1) is 9.06. The molecule has 0 unspecified atom stereocenters. The van der Waals surface area contributed by atoms with Crippen LogP contribution in [0.25, 0.3) is 0 Å². The number of anilines is 1. The Morgan fingerprint density at radius 1 is 1.37 bits per heavy atom. The number of carbonyl (C=O) groups is 1. The Morgan fingerprint density at radius 3 is 2.68 bits per heavy atom. The van der Waals surface area contributed by atoms with Crippen LogP contribution in [0.4, 0.5) is 5.82 Å². The summed E-state index contributed by atoms with van der Waals surface area (Å²) < 4.78 is 0. The van der Waals surface area contributed by atoms with Crippen LogP contribution < -0.4 is 10.6 Å². The summed E-state index contributed by atoms with van der Waals surface area (Å²) in [4.78, 5) is 16.5. The summed E-state index contributed by atoms with van der Waals surface area (Å²) in [5.41, 5.74) is 1.65. The van der Waals surface area contributed by atoms with Gasteiger partial charge >= 0.3 is 0 Å². The van der Waals surface area contributed by atoms with Crippen LogP contribution in [0.5, 0.6) is 0 Å². The largest absolute Gasteiger partial charge is 0.373 e. The molecule has 4 nitrogen and oxygen atoms in total. The maximum absolute atomic E-state index is 12.1. The summed E-state index contributed by atoms with van der Waals surface area (Å²) in [6, 6.07) is 3.68. The van der Waals surface area contributed by atoms with Gasteiger partial charge in [-0.05, 0) is 30.9 Å². The van der Waals surface area contributed by atoms with Crippen LogP contribution in [0, 0.1) is 5.92 Å². The number of pyridine rings is 1. The summed E-state index contributed by atoms with van der Waals surface area (Å²) in [6.45, 7) is 7.13. The van der Waals surface area contributed by atoms with E-state index >= 15 is 0 Å². The highest BCUT2D eigenvalue weighted by Gasteiger charge is 2.09. The van der Waals surface area contributed by atoms with Crippen molar-refractivity contribution in [2.75, 3.05) is 18.9 Å². The Bertz CT molecular complexity index is 416. The van der Waals surface area contributed by atoms with Crippen LogP contribution in [0.2, 0.25) is 0 Å². The lowest BCUT2D eigenvalue weighted by molar-refractivity contribution is 0.0952. The molecule has 1 amide bonds. The number of amides is 1. The maximum Gasteiger partial charge on any atom is 0.251 e. The number of nitrogens with zero attached hydrogens (tertiary/aromatic N) is 1. The molecule has 0 aliphatic rings. The number of hydrogen-bond acceptors (Lipinski definition) is 3. The summed E-state index contributed by atoms with van der Waals surface area (Å²) in [5.74, 6) is 1.33. The van der Waals surface area contributed by atoms with Gasteiger partial charge in [-0.1, -0.05) is 27.2 Å². The average Bonchev–Trinajstić information content (AvgIpc) is 2.38. The number of nitrogens with one attached hydrogen (secondary N) is 2. The summed E-state index contributed by atoms with van der Waals surface area (Å²) >= 11 is 0. The minimum absolute atomic E-state index is 0.0168. The maximum atomic E-state index is 12.1. The van der Waals surface area contributed by atoms with Crippen LogP contribution in [0.3, 0.4) is 0 Å². The van der Waals surface area contributed by atoms with Crippen molar-refractivity contribution < 1.29 is 4.79 Å². The third-order valence-corrected chi connectivity index (χ3v) is 2.91. The van der Waals surface area contributed by atoms with E-state index in [1.54, 1.807) is 6.07 Å². The van der Waals surface area contributed by atoms with E-state index in [0.29, 0.717) is 11.5 Å². The fourth-order valence-electron chi connectivity index (χ4n) is 1.81. The van der Waals surface area contributed by atoms with E-state index in [2.05, 4.69) is 36.4 Å². The second-order valence-electron chi connectivity index (χ2n) is 5.17. The van der Waals surface area contributed by atoms with Gasteiger partial charge < -0.3 is 10.6 Å². The van der Waals surface area contributed by atoms with Crippen LogP contribution in [0.15, 0.2) is 12.1 Å². The zero-order valence-corrected chi connectivity index (χ0v) is 12.4. The van der Waals surface area contributed by atoms with Gasteiger partial charge in [0.2, 0.25) is 0 Å². The van der Waals surface area contributed by atoms with E-state index in [1.807, 2.05) is 13.1 Å². The molecule has 0 aliphatic carbocycles. The van der Waals surface area contributed by atoms with E-state index in [0.717, 1.165) is 37.3 Å². The number of rotatable bonds is 7. The molecule has 1 aromatic heterocycles. The Kier molecular flexibility index (Phi) is 6.33. The quantitative estimate of drug-likeness (QED) is 0.795. The summed E-state index contributed by atoms with van der Waals surface area (Å²) in [6.07, 6.45) is 2.91. The van der Waals surface area contributed by atoms with Gasteiger partial charge in [-0.2, -0.15) is 0 Å². The predicted molar refractivity (Wildman–Crippen MR) is 79.6 cm³/mol. The standard InChI is InChI=1S/C15H25N3O/c1-5-6-13-9-12(10-14(16-4)18-13)15(19)17-8-7-11(2)3/h9-11H,5-8H2,1-4H3,(H,16,18)(H,17,19). The van der Waals surface area contributed by atoms with Crippen LogP contribution >= 0.6 is 0 Å². The predicted octanol–water partition coefficient (Wildman–Crippen LogP) is 2.85. The minimum Gasteiger partial charge on any atom is -0.373 e. The highest BCUT2D eigenvalue weighted by molar-refractivity contribution is 5.95. The minimum atomic E-state index is -0.0168. The van der Waals surface area contributed by atoms with Crippen molar-refractivity contribution in [2.24, 2.45) is 5.92 Å².